The minimum Gasteiger partial charge on any atom is -0.493 e. The Hall–Kier alpha value is -1.74. The van der Waals surface area contributed by atoms with Gasteiger partial charge in [0.2, 0.25) is 0 Å². The lowest BCUT2D eigenvalue weighted by atomic mass is 9.94. The predicted octanol–water partition coefficient (Wildman–Crippen LogP) is 5.25. The number of carbonyl (C=O) groups is 1. The topological polar surface area (TPSA) is 35.5 Å². The molecule has 23 heavy (non-hydrogen) atoms. The number of ether oxygens (including phenoxy) is 2. The van der Waals surface area contributed by atoms with Crippen molar-refractivity contribution in [2.24, 2.45) is 5.41 Å². The van der Waals surface area contributed by atoms with E-state index in [1.807, 2.05) is 25.1 Å². The van der Waals surface area contributed by atoms with Crippen molar-refractivity contribution >= 4 is 23.6 Å². The molecule has 0 aromatic heterocycles. The minimum atomic E-state index is -0.397. The summed E-state index contributed by atoms with van der Waals surface area (Å²) in [4.78, 5) is 12.4. The average molecular weight is 337 g/mol. The molecule has 0 fully saturated rings. The van der Waals surface area contributed by atoms with Gasteiger partial charge in [-0.05, 0) is 49.1 Å². The fourth-order valence-electron chi connectivity index (χ4n) is 1.91. The Bertz CT molecular complexity index is 578. The van der Waals surface area contributed by atoms with E-state index in [1.54, 1.807) is 25.1 Å². The molecule has 0 unspecified atom stereocenters. The zero-order valence-corrected chi connectivity index (χ0v) is 15.2. The molecule has 0 heterocycles. The Kier molecular flexibility index (Phi) is 7.37. The molecule has 1 aromatic rings. The molecule has 0 spiro atoms. The van der Waals surface area contributed by atoms with Crippen molar-refractivity contribution in [3.05, 3.63) is 52.3 Å². The molecule has 0 atom stereocenters. The zero-order valence-electron chi connectivity index (χ0n) is 14.5. The van der Waals surface area contributed by atoms with Gasteiger partial charge in [-0.2, -0.15) is 0 Å². The molecular formula is C19H25ClO3. The van der Waals surface area contributed by atoms with Gasteiger partial charge < -0.3 is 9.47 Å². The molecule has 0 amide bonds. The van der Waals surface area contributed by atoms with Gasteiger partial charge >= 0.3 is 5.97 Å². The minimum absolute atomic E-state index is 0.129. The first-order chi connectivity index (χ1) is 10.8. The Morgan fingerprint density at radius 2 is 1.65 bits per heavy atom. The van der Waals surface area contributed by atoms with Gasteiger partial charge in [-0.1, -0.05) is 44.5 Å². The van der Waals surface area contributed by atoms with Gasteiger partial charge in [-0.25, -0.2) is 4.79 Å². The van der Waals surface area contributed by atoms with E-state index >= 15 is 0 Å². The molecule has 1 rings (SSSR count). The third kappa shape index (κ3) is 6.91. The fourth-order valence-corrected chi connectivity index (χ4v) is 2.04. The molecule has 3 nitrogen and oxygen atoms in total. The average Bonchev–Trinajstić information content (AvgIpc) is 2.45. The maximum Gasteiger partial charge on any atom is 0.341 e. The number of benzene rings is 1. The van der Waals surface area contributed by atoms with Crippen molar-refractivity contribution < 1.29 is 14.3 Å². The molecule has 0 aliphatic carbocycles. The summed E-state index contributed by atoms with van der Waals surface area (Å²) >= 11 is 5.91. The number of halogens is 1. The van der Waals surface area contributed by atoms with Crippen LogP contribution in [-0.2, 0) is 14.3 Å². The van der Waals surface area contributed by atoms with Crippen LogP contribution < -0.4 is 0 Å². The third-order valence-corrected chi connectivity index (χ3v) is 3.06. The highest BCUT2D eigenvalue weighted by Gasteiger charge is 2.20. The molecule has 4 heteroatoms. The monoisotopic (exact) mass is 336 g/mol. The first-order valence-corrected chi connectivity index (χ1v) is 8.15. The van der Waals surface area contributed by atoms with Crippen molar-refractivity contribution in [3.8, 4) is 0 Å². The summed E-state index contributed by atoms with van der Waals surface area (Å²) in [6.07, 6.45) is 3.71. The Labute approximate surface area is 143 Å². The van der Waals surface area contributed by atoms with E-state index in [-0.39, 0.29) is 5.41 Å². The summed E-state index contributed by atoms with van der Waals surface area (Å²) in [5.41, 5.74) is 1.14. The molecule has 0 saturated heterocycles. The molecule has 0 radical (unpaired) electrons. The lowest BCUT2D eigenvalue weighted by Crippen LogP contribution is -2.14. The number of carbonyl (C=O) groups excluding carboxylic acids is 1. The van der Waals surface area contributed by atoms with Gasteiger partial charge in [0.25, 0.3) is 0 Å². The Morgan fingerprint density at radius 1 is 1.09 bits per heavy atom. The summed E-state index contributed by atoms with van der Waals surface area (Å²) in [5.74, 6) is 0.139. The van der Waals surface area contributed by atoms with Crippen molar-refractivity contribution in [1.29, 1.82) is 0 Å². The highest BCUT2D eigenvalue weighted by molar-refractivity contribution is 6.30. The van der Waals surface area contributed by atoms with Crippen LogP contribution in [0.3, 0.4) is 0 Å². The van der Waals surface area contributed by atoms with Crippen LogP contribution in [0.4, 0.5) is 0 Å². The fraction of sp³-hybridized carbons (Fsp3) is 0.421. The second-order valence-electron chi connectivity index (χ2n) is 6.14. The van der Waals surface area contributed by atoms with E-state index in [9.17, 15) is 4.79 Å². The molecule has 1 aromatic carbocycles. The molecule has 126 valence electrons. The van der Waals surface area contributed by atoms with Crippen molar-refractivity contribution in [1.82, 2.24) is 0 Å². The molecule has 0 aliphatic rings. The van der Waals surface area contributed by atoms with Crippen LogP contribution >= 0.6 is 11.6 Å². The van der Waals surface area contributed by atoms with Crippen molar-refractivity contribution in [2.75, 3.05) is 13.2 Å². The largest absolute Gasteiger partial charge is 0.493 e. The molecule has 0 N–H and O–H groups in total. The summed E-state index contributed by atoms with van der Waals surface area (Å²) < 4.78 is 10.9. The van der Waals surface area contributed by atoms with Gasteiger partial charge in [0.05, 0.1) is 13.2 Å². The van der Waals surface area contributed by atoms with Crippen molar-refractivity contribution in [2.45, 2.75) is 34.6 Å². The highest BCUT2D eigenvalue weighted by atomic mass is 35.5. The standard InChI is InChI=1S/C19H25ClO3/c1-6-22-17(13-19(3,4)5)16(18(21)23-7-2)12-14-8-10-15(20)11-9-14/h8-13H,6-7H2,1-5H3/b16-12+,17-13+. The molecule has 0 bridgehead atoms. The van der Waals surface area contributed by atoms with E-state index in [2.05, 4.69) is 20.8 Å². The lowest BCUT2D eigenvalue weighted by molar-refractivity contribution is -0.138. The van der Waals surface area contributed by atoms with E-state index < -0.39 is 5.97 Å². The SMILES string of the molecule is CCOC(=O)C(=C/c1ccc(Cl)cc1)/C(=C\C(C)(C)C)OCC. The Balaban J connectivity index is 3.34. The molecule has 0 saturated carbocycles. The zero-order chi connectivity index (χ0) is 17.5. The van der Waals surface area contributed by atoms with E-state index in [0.717, 1.165) is 5.56 Å². The van der Waals surface area contributed by atoms with Gasteiger partial charge in [0.1, 0.15) is 11.3 Å². The van der Waals surface area contributed by atoms with Crippen LogP contribution in [-0.4, -0.2) is 19.2 Å². The predicted molar refractivity (Wildman–Crippen MR) is 95.2 cm³/mol. The van der Waals surface area contributed by atoms with Gasteiger partial charge in [-0.15, -0.1) is 0 Å². The first kappa shape index (κ1) is 19.3. The quantitative estimate of drug-likeness (QED) is 0.308. The smallest absolute Gasteiger partial charge is 0.341 e. The normalized spacial score (nSPS) is 13.0. The summed E-state index contributed by atoms with van der Waals surface area (Å²) in [6.45, 7) is 10.6. The maximum absolute atomic E-state index is 12.4. The van der Waals surface area contributed by atoms with Crippen LogP contribution in [0.25, 0.3) is 6.08 Å². The van der Waals surface area contributed by atoms with Crippen LogP contribution in [0.2, 0.25) is 5.02 Å². The molecular weight excluding hydrogens is 312 g/mol. The van der Waals surface area contributed by atoms with Crippen LogP contribution in [0.1, 0.15) is 40.2 Å². The number of hydrogen-bond donors (Lipinski definition) is 0. The third-order valence-electron chi connectivity index (χ3n) is 2.81. The Morgan fingerprint density at radius 3 is 2.13 bits per heavy atom. The van der Waals surface area contributed by atoms with E-state index in [1.165, 1.54) is 0 Å². The number of esters is 1. The van der Waals surface area contributed by atoms with Gasteiger partial charge in [-0.3, -0.25) is 0 Å². The maximum atomic E-state index is 12.4. The molecule has 0 aliphatic heterocycles. The van der Waals surface area contributed by atoms with Crippen LogP contribution in [0.5, 0.6) is 0 Å². The van der Waals surface area contributed by atoms with E-state index in [0.29, 0.717) is 29.6 Å². The second-order valence-corrected chi connectivity index (χ2v) is 6.57. The van der Waals surface area contributed by atoms with Crippen LogP contribution in [0.15, 0.2) is 41.7 Å². The van der Waals surface area contributed by atoms with Crippen LogP contribution in [0, 0.1) is 5.41 Å². The summed E-state index contributed by atoms with van der Waals surface area (Å²) in [5, 5.41) is 0.648. The highest BCUT2D eigenvalue weighted by Crippen LogP contribution is 2.25. The lowest BCUT2D eigenvalue weighted by Gasteiger charge is -2.18. The summed E-state index contributed by atoms with van der Waals surface area (Å²) in [7, 11) is 0. The first-order valence-electron chi connectivity index (χ1n) is 7.77. The number of allylic oxidation sites excluding steroid dienone is 1. The summed E-state index contributed by atoms with van der Waals surface area (Å²) in [6, 6.07) is 7.26. The number of hydrogen-bond acceptors (Lipinski definition) is 3. The number of rotatable bonds is 6. The van der Waals surface area contributed by atoms with Gasteiger partial charge in [0.15, 0.2) is 0 Å². The van der Waals surface area contributed by atoms with E-state index in [4.69, 9.17) is 21.1 Å². The van der Waals surface area contributed by atoms with Crippen molar-refractivity contribution in [3.63, 3.8) is 0 Å². The van der Waals surface area contributed by atoms with Gasteiger partial charge in [0, 0.05) is 5.02 Å². The second kappa shape index (κ2) is 8.78.